The van der Waals surface area contributed by atoms with Gasteiger partial charge in [-0.1, -0.05) is 38.1 Å². The molecule has 0 aromatic heterocycles. The summed E-state index contributed by atoms with van der Waals surface area (Å²) in [6.45, 7) is 4.16. The predicted molar refractivity (Wildman–Crippen MR) is 74.0 cm³/mol. The van der Waals surface area contributed by atoms with Crippen molar-refractivity contribution in [3.8, 4) is 22.6 Å². The molecule has 0 bridgehead atoms. The van der Waals surface area contributed by atoms with Gasteiger partial charge in [0, 0.05) is 0 Å². The lowest BCUT2D eigenvalue weighted by molar-refractivity contribution is 0.403. The summed E-state index contributed by atoms with van der Waals surface area (Å²) >= 11 is 0. The molecule has 0 aliphatic rings. The molecule has 2 N–H and O–H groups in total. The lowest BCUT2D eigenvalue weighted by Gasteiger charge is -2.10. The molecular weight excluding hydrogens is 224 g/mol. The van der Waals surface area contributed by atoms with Crippen molar-refractivity contribution >= 4 is 0 Å². The molecule has 0 spiro atoms. The molecule has 2 aromatic carbocycles. The number of hydrogen-bond donors (Lipinski definition) is 2. The highest BCUT2D eigenvalue weighted by Gasteiger charge is 2.09. The number of phenolic OH excluding ortho intramolecular Hbond substituents is 2. The van der Waals surface area contributed by atoms with Gasteiger partial charge in [-0.3, -0.25) is 0 Å². The summed E-state index contributed by atoms with van der Waals surface area (Å²) in [5, 5.41) is 19.2. The Hall–Kier alpha value is -1.96. The van der Waals surface area contributed by atoms with E-state index >= 15 is 0 Å². The molecule has 2 heteroatoms. The number of benzene rings is 2. The molecule has 0 heterocycles. The Morgan fingerprint density at radius 3 is 2.00 bits per heavy atom. The quantitative estimate of drug-likeness (QED) is 0.802. The van der Waals surface area contributed by atoms with Gasteiger partial charge in [0.2, 0.25) is 0 Å². The number of phenols is 2. The normalized spacial score (nSPS) is 10.6. The van der Waals surface area contributed by atoms with Crippen LogP contribution in [0.3, 0.4) is 0 Å². The summed E-state index contributed by atoms with van der Waals surface area (Å²) < 4.78 is 0. The molecule has 0 radical (unpaired) electrons. The number of rotatable bonds is 3. The third-order valence-electron chi connectivity index (χ3n) is 3.25. The summed E-state index contributed by atoms with van der Waals surface area (Å²) in [5.41, 5.74) is 4.38. The van der Waals surface area contributed by atoms with Crippen molar-refractivity contribution in [2.24, 2.45) is 0 Å². The molecule has 2 nitrogen and oxygen atoms in total. The Labute approximate surface area is 108 Å². The minimum Gasteiger partial charge on any atom is -0.504 e. The van der Waals surface area contributed by atoms with E-state index in [0.717, 1.165) is 29.5 Å². The molecule has 0 saturated heterocycles. The maximum atomic E-state index is 9.63. The maximum Gasteiger partial charge on any atom is 0.158 e. The fraction of sp³-hybridized carbons (Fsp3) is 0.250. The van der Waals surface area contributed by atoms with Crippen LogP contribution in [0, 0.1) is 0 Å². The third-order valence-corrected chi connectivity index (χ3v) is 3.25. The second-order valence-electron chi connectivity index (χ2n) is 4.40. The third kappa shape index (κ3) is 2.33. The van der Waals surface area contributed by atoms with Crippen LogP contribution in [0.1, 0.15) is 25.0 Å². The van der Waals surface area contributed by atoms with E-state index in [1.165, 1.54) is 5.56 Å². The largest absolute Gasteiger partial charge is 0.504 e. The molecular formula is C16H18O2. The van der Waals surface area contributed by atoms with E-state index in [0.29, 0.717) is 0 Å². The van der Waals surface area contributed by atoms with Crippen molar-refractivity contribution in [1.29, 1.82) is 0 Å². The first-order chi connectivity index (χ1) is 8.65. The fourth-order valence-corrected chi connectivity index (χ4v) is 2.10. The van der Waals surface area contributed by atoms with Crippen LogP contribution in [-0.2, 0) is 12.8 Å². The molecule has 0 aliphatic carbocycles. The van der Waals surface area contributed by atoms with Crippen LogP contribution in [0.5, 0.6) is 11.5 Å². The SMILES string of the molecule is CCc1ccc(-c2cc(O)c(O)cc2CC)cc1. The molecule has 0 saturated carbocycles. The van der Waals surface area contributed by atoms with Crippen molar-refractivity contribution in [3.63, 3.8) is 0 Å². The first kappa shape index (κ1) is 12.5. The molecule has 2 rings (SSSR count). The van der Waals surface area contributed by atoms with Gasteiger partial charge in [-0.15, -0.1) is 0 Å². The maximum absolute atomic E-state index is 9.63. The minimum absolute atomic E-state index is 0.0548. The molecule has 0 fully saturated rings. The van der Waals surface area contributed by atoms with Gasteiger partial charge in [-0.2, -0.15) is 0 Å². The lowest BCUT2D eigenvalue weighted by Crippen LogP contribution is -1.89. The Kier molecular flexibility index (Phi) is 3.56. The van der Waals surface area contributed by atoms with E-state index in [1.807, 2.05) is 6.92 Å². The molecule has 18 heavy (non-hydrogen) atoms. The van der Waals surface area contributed by atoms with Gasteiger partial charge in [0.25, 0.3) is 0 Å². The standard InChI is InChI=1S/C16H18O2/c1-3-11-5-7-13(8-6-11)14-10-16(18)15(17)9-12(14)4-2/h5-10,17-18H,3-4H2,1-2H3. The summed E-state index contributed by atoms with van der Waals surface area (Å²) in [6, 6.07) is 11.6. The van der Waals surface area contributed by atoms with Crippen molar-refractivity contribution in [2.75, 3.05) is 0 Å². The molecule has 0 aliphatic heterocycles. The predicted octanol–water partition coefficient (Wildman–Crippen LogP) is 3.89. The van der Waals surface area contributed by atoms with E-state index < -0.39 is 0 Å². The van der Waals surface area contributed by atoms with Crippen LogP contribution in [0.25, 0.3) is 11.1 Å². The zero-order valence-electron chi connectivity index (χ0n) is 10.8. The zero-order chi connectivity index (χ0) is 13.1. The van der Waals surface area contributed by atoms with Crippen LogP contribution in [0.2, 0.25) is 0 Å². The highest BCUT2D eigenvalue weighted by molar-refractivity contribution is 5.71. The van der Waals surface area contributed by atoms with Crippen molar-refractivity contribution in [3.05, 3.63) is 47.5 Å². The fourth-order valence-electron chi connectivity index (χ4n) is 2.10. The van der Waals surface area contributed by atoms with E-state index in [4.69, 9.17) is 0 Å². The van der Waals surface area contributed by atoms with Crippen LogP contribution in [0.15, 0.2) is 36.4 Å². The molecule has 0 atom stereocenters. The van der Waals surface area contributed by atoms with Crippen LogP contribution < -0.4 is 0 Å². The summed E-state index contributed by atoms with van der Waals surface area (Å²) in [4.78, 5) is 0. The first-order valence-electron chi connectivity index (χ1n) is 6.29. The smallest absolute Gasteiger partial charge is 0.158 e. The number of aryl methyl sites for hydroxylation is 2. The first-order valence-corrected chi connectivity index (χ1v) is 6.29. The van der Waals surface area contributed by atoms with E-state index in [9.17, 15) is 10.2 Å². The van der Waals surface area contributed by atoms with E-state index in [1.54, 1.807) is 12.1 Å². The average Bonchev–Trinajstić information content (AvgIpc) is 2.41. The van der Waals surface area contributed by atoms with Gasteiger partial charge in [-0.25, -0.2) is 0 Å². The Morgan fingerprint density at radius 1 is 0.833 bits per heavy atom. The summed E-state index contributed by atoms with van der Waals surface area (Å²) in [7, 11) is 0. The molecule has 0 amide bonds. The van der Waals surface area contributed by atoms with Gasteiger partial charge in [-0.05, 0) is 47.2 Å². The Bertz CT molecular complexity index is 542. The van der Waals surface area contributed by atoms with Gasteiger partial charge in [0.1, 0.15) is 0 Å². The van der Waals surface area contributed by atoms with Crippen molar-refractivity contribution in [1.82, 2.24) is 0 Å². The van der Waals surface area contributed by atoms with Crippen molar-refractivity contribution < 1.29 is 10.2 Å². The van der Waals surface area contributed by atoms with E-state index in [-0.39, 0.29) is 11.5 Å². The van der Waals surface area contributed by atoms with Crippen LogP contribution >= 0.6 is 0 Å². The topological polar surface area (TPSA) is 40.5 Å². The number of hydrogen-bond acceptors (Lipinski definition) is 2. The van der Waals surface area contributed by atoms with Crippen molar-refractivity contribution in [2.45, 2.75) is 26.7 Å². The van der Waals surface area contributed by atoms with Gasteiger partial charge in [0.15, 0.2) is 11.5 Å². The highest BCUT2D eigenvalue weighted by atomic mass is 16.3. The van der Waals surface area contributed by atoms with Crippen LogP contribution in [-0.4, -0.2) is 10.2 Å². The number of aromatic hydroxyl groups is 2. The Balaban J connectivity index is 2.51. The highest BCUT2D eigenvalue weighted by Crippen LogP contribution is 2.34. The second kappa shape index (κ2) is 5.13. The van der Waals surface area contributed by atoms with Crippen LogP contribution in [0.4, 0.5) is 0 Å². The Morgan fingerprint density at radius 2 is 1.44 bits per heavy atom. The average molecular weight is 242 g/mol. The molecule has 0 unspecified atom stereocenters. The molecule has 2 aromatic rings. The summed E-state index contributed by atoms with van der Waals surface area (Å²) in [5.74, 6) is -0.123. The monoisotopic (exact) mass is 242 g/mol. The second-order valence-corrected chi connectivity index (χ2v) is 4.40. The molecule has 94 valence electrons. The van der Waals surface area contributed by atoms with Gasteiger partial charge in [0.05, 0.1) is 0 Å². The summed E-state index contributed by atoms with van der Waals surface area (Å²) in [6.07, 6.45) is 1.83. The van der Waals surface area contributed by atoms with Gasteiger partial charge < -0.3 is 10.2 Å². The zero-order valence-corrected chi connectivity index (χ0v) is 10.8. The lowest BCUT2D eigenvalue weighted by atomic mass is 9.96. The minimum atomic E-state index is -0.0678. The van der Waals surface area contributed by atoms with E-state index in [2.05, 4.69) is 31.2 Å². The van der Waals surface area contributed by atoms with Gasteiger partial charge >= 0.3 is 0 Å².